The lowest BCUT2D eigenvalue weighted by Crippen LogP contribution is -2.52. The normalized spacial score (nSPS) is 12.7. The fraction of sp³-hybridized carbons (Fsp3) is 0.316. The molecule has 0 spiro atoms. The number of methoxy groups -OCH3 is 1. The van der Waals surface area contributed by atoms with Crippen LogP contribution in [0, 0.1) is 0 Å². The van der Waals surface area contributed by atoms with Gasteiger partial charge < -0.3 is 15.4 Å². The van der Waals surface area contributed by atoms with E-state index in [4.69, 9.17) is 4.74 Å². The lowest BCUT2D eigenvalue weighted by Gasteiger charge is -2.26. The number of thiophene rings is 1. The molecule has 1 atom stereocenters. The molecule has 26 heavy (non-hydrogen) atoms. The molecular formula is C19H22N2O4S. The van der Waals surface area contributed by atoms with Crippen LogP contribution in [0.2, 0.25) is 0 Å². The summed E-state index contributed by atoms with van der Waals surface area (Å²) in [7, 11) is 1.29. The third-order valence-corrected chi connectivity index (χ3v) is 5.02. The zero-order valence-electron chi connectivity index (χ0n) is 15.0. The van der Waals surface area contributed by atoms with Crippen molar-refractivity contribution in [3.63, 3.8) is 0 Å². The van der Waals surface area contributed by atoms with E-state index in [-0.39, 0.29) is 11.8 Å². The third-order valence-electron chi connectivity index (χ3n) is 4.15. The highest BCUT2D eigenvalue weighted by atomic mass is 32.1. The Bertz CT molecular complexity index is 771. The molecule has 0 aliphatic heterocycles. The van der Waals surface area contributed by atoms with Crippen LogP contribution in [0.15, 0.2) is 41.8 Å². The number of ether oxygens (including phenoxy) is 1. The first kappa shape index (κ1) is 19.7. The first-order chi connectivity index (χ1) is 12.4. The van der Waals surface area contributed by atoms with Crippen molar-refractivity contribution in [2.24, 2.45) is 0 Å². The van der Waals surface area contributed by atoms with Crippen molar-refractivity contribution >= 4 is 29.1 Å². The maximum atomic E-state index is 12.4. The Morgan fingerprint density at radius 3 is 2.35 bits per heavy atom. The largest absolute Gasteiger partial charge is 0.467 e. The van der Waals surface area contributed by atoms with Gasteiger partial charge in [-0.25, -0.2) is 4.79 Å². The second-order valence-corrected chi connectivity index (χ2v) is 6.94. The topological polar surface area (TPSA) is 84.5 Å². The molecule has 1 heterocycles. The summed E-state index contributed by atoms with van der Waals surface area (Å²) in [6, 6.07) is 10.4. The summed E-state index contributed by atoms with van der Waals surface area (Å²) in [4.78, 5) is 36.8. The van der Waals surface area contributed by atoms with Gasteiger partial charge in [0.15, 0.2) is 0 Å². The van der Waals surface area contributed by atoms with E-state index in [0.29, 0.717) is 23.4 Å². The molecule has 1 aromatic carbocycles. The van der Waals surface area contributed by atoms with Gasteiger partial charge >= 0.3 is 5.97 Å². The van der Waals surface area contributed by atoms with Gasteiger partial charge in [-0.15, -0.1) is 11.3 Å². The molecule has 138 valence electrons. The number of hydrogen-bond donors (Lipinski definition) is 2. The third kappa shape index (κ3) is 4.70. The van der Waals surface area contributed by atoms with Gasteiger partial charge in [0.05, 0.1) is 12.0 Å². The average Bonchev–Trinajstić information content (AvgIpc) is 3.20. The highest BCUT2D eigenvalue weighted by molar-refractivity contribution is 7.12. The quantitative estimate of drug-likeness (QED) is 0.730. The van der Waals surface area contributed by atoms with E-state index in [9.17, 15) is 14.4 Å². The number of benzene rings is 1. The lowest BCUT2D eigenvalue weighted by molar-refractivity contribution is -0.147. The van der Waals surface area contributed by atoms with E-state index >= 15 is 0 Å². The van der Waals surface area contributed by atoms with Gasteiger partial charge in [-0.1, -0.05) is 25.1 Å². The molecular weight excluding hydrogens is 352 g/mol. The van der Waals surface area contributed by atoms with E-state index in [1.54, 1.807) is 44.2 Å². The van der Waals surface area contributed by atoms with Crippen LogP contribution in [0.4, 0.5) is 0 Å². The molecule has 0 radical (unpaired) electrons. The summed E-state index contributed by atoms with van der Waals surface area (Å²) >= 11 is 1.38. The molecule has 2 amide bonds. The number of carbonyl (C=O) groups excluding carboxylic acids is 3. The molecule has 1 aromatic heterocycles. The van der Waals surface area contributed by atoms with Crippen LogP contribution in [0.1, 0.15) is 45.9 Å². The molecule has 0 saturated heterocycles. The van der Waals surface area contributed by atoms with Crippen LogP contribution in [-0.2, 0) is 16.1 Å². The Balaban J connectivity index is 1.97. The summed E-state index contributed by atoms with van der Waals surface area (Å²) in [5.74, 6) is -0.964. The van der Waals surface area contributed by atoms with Gasteiger partial charge in [-0.05, 0) is 42.5 Å². The number of hydrogen-bond acceptors (Lipinski definition) is 5. The second-order valence-electron chi connectivity index (χ2n) is 5.99. The molecule has 0 aliphatic carbocycles. The highest BCUT2D eigenvalue weighted by Gasteiger charge is 2.34. The van der Waals surface area contributed by atoms with Crippen LogP contribution >= 0.6 is 11.3 Å². The van der Waals surface area contributed by atoms with Crippen molar-refractivity contribution < 1.29 is 19.1 Å². The van der Waals surface area contributed by atoms with E-state index in [1.807, 2.05) is 11.4 Å². The summed E-state index contributed by atoms with van der Waals surface area (Å²) in [6.45, 7) is 3.80. The van der Waals surface area contributed by atoms with Gasteiger partial charge in [0.25, 0.3) is 11.8 Å². The standard InChI is InChI=1S/C19H22N2O4S/c1-4-19(2,18(24)25-3)21-16(22)14-9-7-13(8-10-14)12-20-17(23)15-6-5-11-26-15/h5-11H,4,12H2,1-3H3,(H,20,23)(H,21,22). The minimum atomic E-state index is -1.07. The Morgan fingerprint density at radius 2 is 1.81 bits per heavy atom. The van der Waals surface area contributed by atoms with Crippen LogP contribution in [0.5, 0.6) is 0 Å². The monoisotopic (exact) mass is 374 g/mol. The smallest absolute Gasteiger partial charge is 0.331 e. The molecule has 2 aromatic rings. The summed E-state index contributed by atoms with van der Waals surface area (Å²) in [6.07, 6.45) is 0.415. The first-order valence-corrected chi connectivity index (χ1v) is 9.09. The fourth-order valence-corrected chi connectivity index (χ4v) is 2.92. The Kier molecular flexibility index (Phi) is 6.52. The minimum Gasteiger partial charge on any atom is -0.467 e. The molecule has 7 heteroatoms. The number of nitrogens with one attached hydrogen (secondary N) is 2. The van der Waals surface area contributed by atoms with Crippen molar-refractivity contribution in [3.05, 3.63) is 57.8 Å². The van der Waals surface area contributed by atoms with Crippen LogP contribution in [0.25, 0.3) is 0 Å². The predicted molar refractivity (Wildman–Crippen MR) is 100 cm³/mol. The first-order valence-electron chi connectivity index (χ1n) is 8.21. The van der Waals surface area contributed by atoms with Gasteiger partial charge in [-0.3, -0.25) is 9.59 Å². The zero-order valence-corrected chi connectivity index (χ0v) is 15.8. The zero-order chi connectivity index (χ0) is 19.2. The maximum Gasteiger partial charge on any atom is 0.331 e. The Labute approximate surface area is 156 Å². The molecule has 2 N–H and O–H groups in total. The van der Waals surface area contributed by atoms with E-state index in [0.717, 1.165) is 5.56 Å². The van der Waals surface area contributed by atoms with Crippen molar-refractivity contribution in [1.29, 1.82) is 0 Å². The Hall–Kier alpha value is -2.67. The van der Waals surface area contributed by atoms with Gasteiger partial charge in [0, 0.05) is 12.1 Å². The molecule has 0 bridgehead atoms. The number of rotatable bonds is 7. The molecule has 0 aliphatic rings. The molecule has 0 fully saturated rings. The second kappa shape index (κ2) is 8.62. The number of carbonyl (C=O) groups is 3. The SMILES string of the molecule is CCC(C)(NC(=O)c1ccc(CNC(=O)c2cccs2)cc1)C(=O)OC. The number of amides is 2. The van der Waals surface area contributed by atoms with Gasteiger partial charge in [-0.2, -0.15) is 0 Å². The average molecular weight is 374 g/mol. The summed E-state index contributed by atoms with van der Waals surface area (Å²) < 4.78 is 4.75. The lowest BCUT2D eigenvalue weighted by atomic mass is 9.98. The molecule has 6 nitrogen and oxygen atoms in total. The maximum absolute atomic E-state index is 12.4. The molecule has 2 rings (SSSR count). The molecule has 0 saturated carbocycles. The van der Waals surface area contributed by atoms with E-state index in [2.05, 4.69) is 10.6 Å². The predicted octanol–water partition coefficient (Wildman–Crippen LogP) is 2.75. The summed E-state index contributed by atoms with van der Waals surface area (Å²) in [5.41, 5.74) is 0.235. The van der Waals surface area contributed by atoms with Crippen LogP contribution < -0.4 is 10.6 Å². The van der Waals surface area contributed by atoms with Gasteiger partial charge in [0.2, 0.25) is 0 Å². The van der Waals surface area contributed by atoms with Crippen LogP contribution in [-0.4, -0.2) is 30.4 Å². The Morgan fingerprint density at radius 1 is 1.12 bits per heavy atom. The van der Waals surface area contributed by atoms with Crippen molar-refractivity contribution in [2.75, 3.05) is 7.11 Å². The van der Waals surface area contributed by atoms with E-state index < -0.39 is 11.5 Å². The number of esters is 1. The summed E-state index contributed by atoms with van der Waals surface area (Å²) in [5, 5.41) is 7.39. The van der Waals surface area contributed by atoms with Crippen molar-refractivity contribution in [2.45, 2.75) is 32.4 Å². The van der Waals surface area contributed by atoms with Crippen LogP contribution in [0.3, 0.4) is 0 Å². The van der Waals surface area contributed by atoms with Crippen molar-refractivity contribution in [3.8, 4) is 0 Å². The molecule has 1 unspecified atom stereocenters. The fourth-order valence-electron chi connectivity index (χ4n) is 2.28. The highest BCUT2D eigenvalue weighted by Crippen LogP contribution is 2.14. The minimum absolute atomic E-state index is 0.126. The van der Waals surface area contributed by atoms with Gasteiger partial charge in [0.1, 0.15) is 5.54 Å². The van der Waals surface area contributed by atoms with E-state index in [1.165, 1.54) is 18.4 Å². The van der Waals surface area contributed by atoms with Crippen molar-refractivity contribution in [1.82, 2.24) is 10.6 Å².